The van der Waals surface area contributed by atoms with Crippen molar-refractivity contribution in [3.05, 3.63) is 64.6 Å². The summed E-state index contributed by atoms with van der Waals surface area (Å²) in [6.07, 6.45) is 1.06. The molecule has 0 amide bonds. The molecule has 106 valence electrons. The van der Waals surface area contributed by atoms with Gasteiger partial charge >= 0.3 is 0 Å². The fraction of sp³-hybridized carbons (Fsp3) is 0.0667. The van der Waals surface area contributed by atoms with E-state index in [2.05, 4.69) is 4.98 Å². The number of pyridine rings is 1. The molecule has 0 fully saturated rings. The van der Waals surface area contributed by atoms with Crippen LogP contribution in [0.5, 0.6) is 5.75 Å². The van der Waals surface area contributed by atoms with Gasteiger partial charge in [0.2, 0.25) is 0 Å². The molecule has 0 radical (unpaired) electrons. The number of halogens is 2. The molecule has 0 saturated carbocycles. The summed E-state index contributed by atoms with van der Waals surface area (Å²) in [5, 5.41) is 0. The number of hydrogen-bond donors (Lipinski definition) is 0. The first-order valence-electron chi connectivity index (χ1n) is 6.11. The smallest absolute Gasteiger partial charge is 0.258 e. The lowest BCUT2D eigenvalue weighted by Gasteiger charge is -2.06. The molecule has 2 aromatic heterocycles. The van der Waals surface area contributed by atoms with Crippen LogP contribution in [0.15, 0.2) is 47.4 Å². The van der Waals surface area contributed by atoms with Gasteiger partial charge in [0.05, 0.1) is 12.8 Å². The van der Waals surface area contributed by atoms with Gasteiger partial charge < -0.3 is 4.74 Å². The fourth-order valence-corrected chi connectivity index (χ4v) is 2.05. The minimum absolute atomic E-state index is 0.110. The summed E-state index contributed by atoms with van der Waals surface area (Å²) in [6.45, 7) is 0. The van der Waals surface area contributed by atoms with E-state index in [1.54, 1.807) is 6.07 Å². The zero-order valence-corrected chi connectivity index (χ0v) is 11.0. The van der Waals surface area contributed by atoms with Gasteiger partial charge in [-0.3, -0.25) is 9.20 Å². The Morgan fingerprint density at radius 1 is 1.14 bits per heavy atom. The predicted octanol–water partition coefficient (Wildman–Crippen LogP) is 2.65. The molecule has 0 aliphatic heterocycles. The van der Waals surface area contributed by atoms with E-state index in [0.29, 0.717) is 11.3 Å². The van der Waals surface area contributed by atoms with Gasteiger partial charge in [-0.1, -0.05) is 0 Å². The minimum atomic E-state index is -0.545. The molecule has 0 aliphatic rings. The predicted molar refractivity (Wildman–Crippen MR) is 73.4 cm³/mol. The second-order valence-electron chi connectivity index (χ2n) is 4.40. The number of methoxy groups -OCH3 is 1. The van der Waals surface area contributed by atoms with Gasteiger partial charge in [-0.15, -0.1) is 0 Å². The average Bonchev–Trinajstić information content (AvgIpc) is 2.47. The Balaban J connectivity index is 2.19. The molecule has 0 spiro atoms. The van der Waals surface area contributed by atoms with Crippen molar-refractivity contribution in [3.8, 4) is 17.0 Å². The molecular weight excluding hydrogens is 278 g/mol. The Kier molecular flexibility index (Phi) is 3.13. The van der Waals surface area contributed by atoms with Crippen molar-refractivity contribution in [2.45, 2.75) is 0 Å². The lowest BCUT2D eigenvalue weighted by molar-refractivity contribution is 0.386. The Labute approximate surface area is 118 Å². The lowest BCUT2D eigenvalue weighted by atomic mass is 10.1. The Morgan fingerprint density at radius 3 is 2.67 bits per heavy atom. The third-order valence-electron chi connectivity index (χ3n) is 3.07. The van der Waals surface area contributed by atoms with Crippen LogP contribution in [0.2, 0.25) is 0 Å². The van der Waals surface area contributed by atoms with Crippen LogP contribution in [-0.2, 0) is 0 Å². The van der Waals surface area contributed by atoms with Crippen molar-refractivity contribution < 1.29 is 13.5 Å². The lowest BCUT2D eigenvalue weighted by Crippen LogP contribution is -2.14. The number of rotatable bonds is 2. The SMILES string of the molecule is COc1ccc(-c2cc(=O)n3cc(F)ccc3n2)cc1F. The summed E-state index contributed by atoms with van der Waals surface area (Å²) >= 11 is 0. The molecule has 0 aliphatic carbocycles. The highest BCUT2D eigenvalue weighted by molar-refractivity contribution is 5.62. The number of aromatic nitrogens is 2. The molecule has 1 aromatic carbocycles. The zero-order valence-electron chi connectivity index (χ0n) is 11.0. The largest absolute Gasteiger partial charge is 0.494 e. The van der Waals surface area contributed by atoms with E-state index in [4.69, 9.17) is 4.74 Å². The van der Waals surface area contributed by atoms with E-state index >= 15 is 0 Å². The molecular formula is C15H10F2N2O2. The molecule has 6 heteroatoms. The molecule has 0 unspecified atom stereocenters. The maximum absolute atomic E-state index is 13.7. The van der Waals surface area contributed by atoms with Crippen LogP contribution < -0.4 is 10.3 Å². The van der Waals surface area contributed by atoms with Gasteiger partial charge in [-0.05, 0) is 30.3 Å². The molecule has 3 aromatic rings. The van der Waals surface area contributed by atoms with Gasteiger partial charge in [0, 0.05) is 17.8 Å². The van der Waals surface area contributed by atoms with E-state index in [9.17, 15) is 13.6 Å². The maximum atomic E-state index is 13.7. The minimum Gasteiger partial charge on any atom is -0.494 e. The average molecular weight is 288 g/mol. The van der Waals surface area contributed by atoms with Crippen molar-refractivity contribution >= 4 is 5.65 Å². The molecule has 0 atom stereocenters. The van der Waals surface area contributed by atoms with Gasteiger partial charge in [-0.25, -0.2) is 13.8 Å². The number of hydrogen-bond acceptors (Lipinski definition) is 3. The van der Waals surface area contributed by atoms with Crippen LogP contribution in [0.4, 0.5) is 8.78 Å². The van der Waals surface area contributed by atoms with Crippen LogP contribution in [0.25, 0.3) is 16.9 Å². The van der Waals surface area contributed by atoms with Gasteiger partial charge in [0.1, 0.15) is 11.5 Å². The van der Waals surface area contributed by atoms with Crippen LogP contribution in [0.1, 0.15) is 0 Å². The van der Waals surface area contributed by atoms with Gasteiger partial charge in [0.15, 0.2) is 11.6 Å². The third-order valence-corrected chi connectivity index (χ3v) is 3.07. The Hall–Kier alpha value is -2.76. The normalized spacial score (nSPS) is 10.8. The van der Waals surface area contributed by atoms with Crippen LogP contribution in [-0.4, -0.2) is 16.5 Å². The number of ether oxygens (including phenoxy) is 1. The Morgan fingerprint density at radius 2 is 1.95 bits per heavy atom. The molecule has 0 N–H and O–H groups in total. The first-order chi connectivity index (χ1) is 10.1. The van der Waals surface area contributed by atoms with Crippen molar-refractivity contribution in [1.29, 1.82) is 0 Å². The quantitative estimate of drug-likeness (QED) is 0.728. The second-order valence-corrected chi connectivity index (χ2v) is 4.40. The summed E-state index contributed by atoms with van der Waals surface area (Å²) in [7, 11) is 1.37. The highest BCUT2D eigenvalue weighted by Crippen LogP contribution is 2.23. The summed E-state index contributed by atoms with van der Waals surface area (Å²) in [4.78, 5) is 16.2. The second kappa shape index (κ2) is 4.97. The first-order valence-corrected chi connectivity index (χ1v) is 6.11. The summed E-state index contributed by atoms with van der Waals surface area (Å²) in [6, 6.07) is 8.12. The monoisotopic (exact) mass is 288 g/mol. The summed E-state index contributed by atoms with van der Waals surface area (Å²) < 4.78 is 32.8. The van der Waals surface area contributed by atoms with E-state index in [-0.39, 0.29) is 11.4 Å². The molecule has 0 saturated heterocycles. The van der Waals surface area contributed by atoms with Crippen molar-refractivity contribution in [1.82, 2.24) is 9.38 Å². The summed E-state index contributed by atoms with van der Waals surface area (Å²) in [5.41, 5.74) is 0.603. The van der Waals surface area contributed by atoms with E-state index in [1.807, 2.05) is 0 Å². The Bertz CT molecular complexity index is 890. The van der Waals surface area contributed by atoms with E-state index in [0.717, 1.165) is 10.6 Å². The van der Waals surface area contributed by atoms with E-state index in [1.165, 1.54) is 37.4 Å². The fourth-order valence-electron chi connectivity index (χ4n) is 2.05. The van der Waals surface area contributed by atoms with Crippen molar-refractivity contribution in [3.63, 3.8) is 0 Å². The maximum Gasteiger partial charge on any atom is 0.258 e. The molecule has 3 rings (SSSR count). The van der Waals surface area contributed by atoms with Crippen LogP contribution >= 0.6 is 0 Å². The van der Waals surface area contributed by atoms with Gasteiger partial charge in [0.25, 0.3) is 5.56 Å². The molecule has 0 bridgehead atoms. The number of benzene rings is 1. The van der Waals surface area contributed by atoms with E-state index < -0.39 is 17.2 Å². The van der Waals surface area contributed by atoms with Crippen molar-refractivity contribution in [2.24, 2.45) is 0 Å². The molecule has 2 heterocycles. The first kappa shape index (κ1) is 13.2. The number of fused-ring (bicyclic) bond motifs is 1. The zero-order chi connectivity index (χ0) is 15.0. The number of nitrogens with zero attached hydrogens (tertiary/aromatic N) is 2. The van der Waals surface area contributed by atoms with Crippen molar-refractivity contribution in [2.75, 3.05) is 7.11 Å². The van der Waals surface area contributed by atoms with Gasteiger partial charge in [-0.2, -0.15) is 0 Å². The highest BCUT2D eigenvalue weighted by atomic mass is 19.1. The third kappa shape index (κ3) is 2.35. The topological polar surface area (TPSA) is 43.6 Å². The highest BCUT2D eigenvalue weighted by Gasteiger charge is 2.09. The standard InChI is InChI=1S/C15H10F2N2O2/c1-21-13-4-2-9(6-11(13)17)12-7-15(20)19-8-10(16)3-5-14(19)18-12/h2-8H,1H3. The van der Waals surface area contributed by atoms with Crippen LogP contribution in [0.3, 0.4) is 0 Å². The summed E-state index contributed by atoms with van der Waals surface area (Å²) in [5.74, 6) is -0.968. The molecule has 4 nitrogen and oxygen atoms in total. The molecule has 21 heavy (non-hydrogen) atoms. The van der Waals surface area contributed by atoms with Crippen LogP contribution in [0, 0.1) is 11.6 Å².